The predicted molar refractivity (Wildman–Crippen MR) is 71.0 cm³/mol. The van der Waals surface area contributed by atoms with Crippen LogP contribution in [0.25, 0.3) is 0 Å². The van der Waals surface area contributed by atoms with E-state index in [9.17, 15) is 4.79 Å². The summed E-state index contributed by atoms with van der Waals surface area (Å²) in [5.41, 5.74) is 5.94. The predicted octanol–water partition coefficient (Wildman–Crippen LogP) is 2.07. The third kappa shape index (κ3) is 3.82. The van der Waals surface area contributed by atoms with Crippen molar-refractivity contribution in [1.82, 2.24) is 5.32 Å². The molecule has 0 aromatic carbocycles. The summed E-state index contributed by atoms with van der Waals surface area (Å²) < 4.78 is 0. The monoisotopic (exact) mass is 252 g/mol. The molecule has 1 aromatic rings. The Morgan fingerprint density at radius 3 is 2.94 bits per heavy atom. The smallest absolute Gasteiger partial charge is 0.220 e. The second-order valence-corrected chi connectivity index (χ2v) is 5.96. The van der Waals surface area contributed by atoms with E-state index < -0.39 is 0 Å². The molecule has 3 N–H and O–H groups in total. The molecule has 0 unspecified atom stereocenters. The molecular weight excluding hydrogens is 232 g/mol. The fourth-order valence-electron chi connectivity index (χ4n) is 2.05. The van der Waals surface area contributed by atoms with E-state index >= 15 is 0 Å². The normalized spacial score (nSPS) is 17.5. The van der Waals surface area contributed by atoms with Crippen molar-refractivity contribution in [3.05, 3.63) is 22.4 Å². The van der Waals surface area contributed by atoms with Gasteiger partial charge in [-0.05, 0) is 43.6 Å². The molecule has 0 aliphatic heterocycles. The average Bonchev–Trinajstić information content (AvgIpc) is 2.77. The summed E-state index contributed by atoms with van der Waals surface area (Å²) in [6.07, 6.45) is 5.81. The van der Waals surface area contributed by atoms with E-state index in [1.54, 1.807) is 11.3 Å². The van der Waals surface area contributed by atoms with Crippen molar-refractivity contribution in [3.8, 4) is 0 Å². The van der Waals surface area contributed by atoms with Gasteiger partial charge in [-0.25, -0.2) is 0 Å². The number of aryl methyl sites for hydroxylation is 1. The highest BCUT2D eigenvalue weighted by Gasteiger charge is 2.32. The quantitative estimate of drug-likeness (QED) is 0.814. The van der Waals surface area contributed by atoms with Gasteiger partial charge in [-0.3, -0.25) is 4.79 Å². The van der Waals surface area contributed by atoms with E-state index in [0.717, 1.165) is 25.7 Å². The zero-order valence-corrected chi connectivity index (χ0v) is 10.9. The lowest BCUT2D eigenvalue weighted by molar-refractivity contribution is -0.121. The Morgan fingerprint density at radius 2 is 2.35 bits per heavy atom. The lowest BCUT2D eigenvalue weighted by Crippen LogP contribution is -2.54. The second-order valence-electron chi connectivity index (χ2n) is 4.93. The molecule has 1 saturated carbocycles. The lowest BCUT2D eigenvalue weighted by atomic mass is 9.78. The summed E-state index contributed by atoms with van der Waals surface area (Å²) in [6.45, 7) is 0.644. The lowest BCUT2D eigenvalue weighted by Gasteiger charge is -2.38. The summed E-state index contributed by atoms with van der Waals surface area (Å²) in [7, 11) is 0. The Labute approximate surface area is 106 Å². The van der Waals surface area contributed by atoms with Crippen LogP contribution in [0, 0.1) is 0 Å². The third-order valence-corrected chi connectivity index (χ3v) is 4.33. The van der Waals surface area contributed by atoms with Crippen LogP contribution in [0.4, 0.5) is 0 Å². The highest BCUT2D eigenvalue weighted by Crippen LogP contribution is 2.28. The molecule has 0 saturated heterocycles. The van der Waals surface area contributed by atoms with Crippen LogP contribution in [0.3, 0.4) is 0 Å². The number of rotatable bonds is 6. The number of thiophene rings is 1. The van der Waals surface area contributed by atoms with Gasteiger partial charge in [-0.2, -0.15) is 0 Å². The Balaban J connectivity index is 1.58. The zero-order chi connectivity index (χ0) is 12.1. The van der Waals surface area contributed by atoms with Crippen molar-refractivity contribution in [2.45, 2.75) is 44.1 Å². The van der Waals surface area contributed by atoms with Crippen LogP contribution in [0.2, 0.25) is 0 Å². The van der Waals surface area contributed by atoms with Crippen LogP contribution < -0.4 is 11.1 Å². The van der Waals surface area contributed by atoms with Crippen molar-refractivity contribution in [1.29, 1.82) is 0 Å². The summed E-state index contributed by atoms with van der Waals surface area (Å²) in [5, 5.41) is 5.02. The molecule has 94 valence electrons. The van der Waals surface area contributed by atoms with E-state index in [1.165, 1.54) is 11.3 Å². The molecule has 1 aliphatic carbocycles. The van der Waals surface area contributed by atoms with Crippen molar-refractivity contribution < 1.29 is 4.79 Å². The van der Waals surface area contributed by atoms with Gasteiger partial charge in [0.2, 0.25) is 5.91 Å². The SMILES string of the molecule is NC1(CNC(=O)CCCc2cccs2)CCC1. The first-order valence-electron chi connectivity index (χ1n) is 6.26. The van der Waals surface area contributed by atoms with Gasteiger partial charge in [0, 0.05) is 23.4 Å². The molecule has 0 atom stereocenters. The van der Waals surface area contributed by atoms with Crippen LogP contribution >= 0.6 is 11.3 Å². The molecule has 3 nitrogen and oxygen atoms in total. The van der Waals surface area contributed by atoms with Crippen LogP contribution in [-0.2, 0) is 11.2 Å². The van der Waals surface area contributed by atoms with Gasteiger partial charge >= 0.3 is 0 Å². The minimum absolute atomic E-state index is 0.108. The molecule has 1 aliphatic rings. The van der Waals surface area contributed by atoms with Crippen LogP contribution in [-0.4, -0.2) is 18.0 Å². The molecule has 1 fully saturated rings. The summed E-state index contributed by atoms with van der Waals surface area (Å²) in [4.78, 5) is 12.9. The second kappa shape index (κ2) is 5.65. The Kier molecular flexibility index (Phi) is 4.18. The van der Waals surface area contributed by atoms with Gasteiger partial charge < -0.3 is 11.1 Å². The molecule has 1 amide bonds. The molecule has 0 spiro atoms. The number of amides is 1. The van der Waals surface area contributed by atoms with Gasteiger partial charge in [0.15, 0.2) is 0 Å². The zero-order valence-electron chi connectivity index (χ0n) is 10.1. The van der Waals surface area contributed by atoms with E-state index in [0.29, 0.717) is 13.0 Å². The van der Waals surface area contributed by atoms with Crippen LogP contribution in [0.1, 0.15) is 37.0 Å². The minimum Gasteiger partial charge on any atom is -0.354 e. The van der Waals surface area contributed by atoms with E-state index in [1.807, 2.05) is 0 Å². The number of carbonyl (C=O) groups is 1. The number of hydrogen-bond acceptors (Lipinski definition) is 3. The van der Waals surface area contributed by atoms with E-state index in [4.69, 9.17) is 5.73 Å². The minimum atomic E-state index is -0.108. The number of nitrogens with two attached hydrogens (primary N) is 1. The van der Waals surface area contributed by atoms with Crippen molar-refractivity contribution in [3.63, 3.8) is 0 Å². The molecule has 1 heterocycles. The highest BCUT2D eigenvalue weighted by molar-refractivity contribution is 7.09. The fourth-order valence-corrected chi connectivity index (χ4v) is 2.80. The van der Waals surface area contributed by atoms with Gasteiger partial charge in [0.25, 0.3) is 0 Å². The first-order chi connectivity index (χ1) is 8.18. The summed E-state index contributed by atoms with van der Waals surface area (Å²) >= 11 is 1.75. The van der Waals surface area contributed by atoms with Gasteiger partial charge in [0.05, 0.1) is 0 Å². The van der Waals surface area contributed by atoms with Crippen molar-refractivity contribution >= 4 is 17.2 Å². The Bertz CT molecular complexity index is 358. The first kappa shape index (κ1) is 12.6. The maximum absolute atomic E-state index is 11.6. The summed E-state index contributed by atoms with van der Waals surface area (Å²) in [5.74, 6) is 0.137. The summed E-state index contributed by atoms with van der Waals surface area (Å²) in [6, 6.07) is 4.17. The number of carbonyl (C=O) groups excluding carboxylic acids is 1. The molecule has 1 aromatic heterocycles. The maximum Gasteiger partial charge on any atom is 0.220 e. The molecule has 0 radical (unpaired) electrons. The Morgan fingerprint density at radius 1 is 1.53 bits per heavy atom. The van der Waals surface area contributed by atoms with Crippen molar-refractivity contribution in [2.24, 2.45) is 5.73 Å². The van der Waals surface area contributed by atoms with Gasteiger partial charge in [-0.1, -0.05) is 6.07 Å². The number of hydrogen-bond donors (Lipinski definition) is 2. The van der Waals surface area contributed by atoms with Crippen LogP contribution in [0.5, 0.6) is 0 Å². The molecule has 4 heteroatoms. The standard InChI is InChI=1S/C13H20N2OS/c14-13(7-3-8-13)10-15-12(16)6-1-4-11-5-2-9-17-11/h2,5,9H,1,3-4,6-8,10,14H2,(H,15,16). The maximum atomic E-state index is 11.6. The van der Waals surface area contributed by atoms with Crippen LogP contribution in [0.15, 0.2) is 17.5 Å². The van der Waals surface area contributed by atoms with Gasteiger partial charge in [0.1, 0.15) is 0 Å². The number of nitrogens with one attached hydrogen (secondary N) is 1. The average molecular weight is 252 g/mol. The Hall–Kier alpha value is -0.870. The third-order valence-electron chi connectivity index (χ3n) is 3.39. The van der Waals surface area contributed by atoms with Crippen molar-refractivity contribution in [2.75, 3.05) is 6.54 Å². The molecule has 2 rings (SSSR count). The molecular formula is C13H20N2OS. The van der Waals surface area contributed by atoms with Gasteiger partial charge in [-0.15, -0.1) is 11.3 Å². The largest absolute Gasteiger partial charge is 0.354 e. The molecule has 17 heavy (non-hydrogen) atoms. The van der Waals surface area contributed by atoms with E-state index in [2.05, 4.69) is 22.8 Å². The van der Waals surface area contributed by atoms with E-state index in [-0.39, 0.29) is 11.4 Å². The first-order valence-corrected chi connectivity index (χ1v) is 7.14. The topological polar surface area (TPSA) is 55.1 Å². The highest BCUT2D eigenvalue weighted by atomic mass is 32.1. The fraction of sp³-hybridized carbons (Fsp3) is 0.615. The molecule has 0 bridgehead atoms.